The van der Waals surface area contributed by atoms with Gasteiger partial charge in [-0.3, -0.25) is 9.59 Å². The lowest BCUT2D eigenvalue weighted by Crippen LogP contribution is -2.28. The van der Waals surface area contributed by atoms with E-state index in [1.54, 1.807) is 35.8 Å². The molecule has 3 aromatic heterocycles. The van der Waals surface area contributed by atoms with E-state index in [9.17, 15) is 14.0 Å². The van der Waals surface area contributed by atoms with Gasteiger partial charge in [-0.25, -0.2) is 9.37 Å². The first-order valence-electron chi connectivity index (χ1n) is 11.7. The molecule has 0 fully saturated rings. The van der Waals surface area contributed by atoms with Gasteiger partial charge < -0.3 is 23.9 Å². The third kappa shape index (κ3) is 4.45. The lowest BCUT2D eigenvalue weighted by Gasteiger charge is -2.12. The largest absolute Gasteiger partial charge is 0.454 e. The van der Waals surface area contributed by atoms with Crippen LogP contribution in [-0.4, -0.2) is 32.4 Å². The molecular formula is C27H20FN5O5. The van der Waals surface area contributed by atoms with E-state index in [0.29, 0.717) is 33.8 Å². The molecule has 0 spiro atoms. The molecule has 10 nitrogen and oxygen atoms in total. The van der Waals surface area contributed by atoms with Crippen LogP contribution < -0.4 is 20.2 Å². The number of halogens is 1. The maximum atomic E-state index is 13.7. The molecule has 1 amide bonds. The highest BCUT2D eigenvalue weighted by Crippen LogP contribution is 2.32. The Labute approximate surface area is 214 Å². The molecule has 0 unspecified atom stereocenters. The summed E-state index contributed by atoms with van der Waals surface area (Å²) in [5.74, 6) is 0.628. The average Bonchev–Trinajstić information content (AvgIpc) is 3.59. The fourth-order valence-corrected chi connectivity index (χ4v) is 4.17. The van der Waals surface area contributed by atoms with Gasteiger partial charge in [0.1, 0.15) is 23.6 Å². The summed E-state index contributed by atoms with van der Waals surface area (Å²) in [4.78, 5) is 35.0. The fraction of sp³-hybridized carbons (Fsp3) is 0.148. The van der Waals surface area contributed by atoms with E-state index in [4.69, 9.17) is 14.0 Å². The number of amides is 1. The number of rotatable bonds is 6. The molecular weight excluding hydrogens is 493 g/mol. The molecule has 4 heterocycles. The van der Waals surface area contributed by atoms with E-state index in [-0.39, 0.29) is 48.5 Å². The van der Waals surface area contributed by atoms with E-state index in [2.05, 4.69) is 20.4 Å². The monoisotopic (exact) mass is 513 g/mol. The topological polar surface area (TPSA) is 121 Å². The first-order chi connectivity index (χ1) is 18.4. The minimum atomic E-state index is -0.449. The minimum absolute atomic E-state index is 0.0498. The molecule has 38 heavy (non-hydrogen) atoms. The average molecular weight is 513 g/mol. The van der Waals surface area contributed by atoms with Crippen molar-refractivity contribution in [2.45, 2.75) is 20.0 Å². The van der Waals surface area contributed by atoms with Gasteiger partial charge in [0.15, 0.2) is 11.5 Å². The number of nitrogens with zero attached hydrogens (tertiary/aromatic N) is 4. The summed E-state index contributed by atoms with van der Waals surface area (Å²) in [5.41, 5.74) is 2.01. The molecule has 0 atom stereocenters. The van der Waals surface area contributed by atoms with Gasteiger partial charge in [0.05, 0.1) is 5.39 Å². The van der Waals surface area contributed by atoms with Crippen molar-refractivity contribution in [3.05, 3.63) is 88.1 Å². The first-order valence-corrected chi connectivity index (χ1v) is 11.7. The van der Waals surface area contributed by atoms with Crippen LogP contribution in [0.3, 0.4) is 0 Å². The minimum Gasteiger partial charge on any atom is -0.454 e. The molecule has 11 heteroatoms. The predicted molar refractivity (Wildman–Crippen MR) is 134 cm³/mol. The van der Waals surface area contributed by atoms with Gasteiger partial charge in [0, 0.05) is 24.0 Å². The van der Waals surface area contributed by atoms with Crippen molar-refractivity contribution < 1.29 is 23.2 Å². The highest BCUT2D eigenvalue weighted by atomic mass is 19.1. The first kappa shape index (κ1) is 23.3. The Balaban J connectivity index is 1.31. The van der Waals surface area contributed by atoms with Crippen molar-refractivity contribution in [2.24, 2.45) is 0 Å². The number of hydrogen-bond donors (Lipinski definition) is 1. The normalized spacial score (nSPS) is 12.2. The van der Waals surface area contributed by atoms with Crippen molar-refractivity contribution in [3.8, 4) is 34.3 Å². The summed E-state index contributed by atoms with van der Waals surface area (Å²) in [6.45, 7) is 2.12. The number of carbonyl (C=O) groups is 1. The number of fused-ring (bicyclic) bond motifs is 2. The maximum absolute atomic E-state index is 13.7. The van der Waals surface area contributed by atoms with Crippen LogP contribution in [0.1, 0.15) is 11.3 Å². The molecule has 5 aromatic rings. The molecule has 2 aromatic carbocycles. The van der Waals surface area contributed by atoms with E-state index < -0.39 is 5.82 Å². The molecule has 0 bridgehead atoms. The van der Waals surface area contributed by atoms with Crippen molar-refractivity contribution in [1.82, 2.24) is 25.0 Å². The molecule has 0 aliphatic carbocycles. The second-order valence-corrected chi connectivity index (χ2v) is 8.72. The second-order valence-electron chi connectivity index (χ2n) is 8.72. The summed E-state index contributed by atoms with van der Waals surface area (Å²) >= 11 is 0. The highest BCUT2D eigenvalue weighted by molar-refractivity contribution is 5.83. The molecule has 0 saturated carbocycles. The quantitative estimate of drug-likeness (QED) is 0.366. The summed E-state index contributed by atoms with van der Waals surface area (Å²) in [7, 11) is 0. The van der Waals surface area contributed by atoms with Crippen LogP contribution in [0.4, 0.5) is 4.39 Å². The van der Waals surface area contributed by atoms with Crippen molar-refractivity contribution in [3.63, 3.8) is 0 Å². The van der Waals surface area contributed by atoms with E-state index in [0.717, 1.165) is 5.56 Å². The fourth-order valence-electron chi connectivity index (χ4n) is 4.17. The molecule has 6 rings (SSSR count). The van der Waals surface area contributed by atoms with Crippen molar-refractivity contribution >= 4 is 16.9 Å². The van der Waals surface area contributed by atoms with Crippen LogP contribution in [0.25, 0.3) is 33.9 Å². The number of hydrogen-bond acceptors (Lipinski definition) is 8. The van der Waals surface area contributed by atoms with Crippen LogP contribution in [0.15, 0.2) is 70.1 Å². The second kappa shape index (κ2) is 9.43. The Hall–Kier alpha value is -5.06. The Kier molecular flexibility index (Phi) is 5.79. The van der Waals surface area contributed by atoms with Crippen LogP contribution in [0.5, 0.6) is 11.5 Å². The summed E-state index contributed by atoms with van der Waals surface area (Å²) in [5, 5.41) is 7.07. The third-order valence-corrected chi connectivity index (χ3v) is 6.04. The smallest absolute Gasteiger partial charge is 0.263 e. The van der Waals surface area contributed by atoms with E-state index in [1.165, 1.54) is 24.4 Å². The lowest BCUT2D eigenvalue weighted by atomic mass is 10.1. The summed E-state index contributed by atoms with van der Waals surface area (Å²) < 4.78 is 31.3. The molecule has 0 radical (unpaired) electrons. The van der Waals surface area contributed by atoms with Gasteiger partial charge in [-0.15, -0.1) is 0 Å². The Bertz CT molecular complexity index is 1760. The van der Waals surface area contributed by atoms with Gasteiger partial charge in [0.2, 0.25) is 24.0 Å². The number of aryl methyl sites for hydroxylation is 1. The van der Waals surface area contributed by atoms with Crippen LogP contribution >= 0.6 is 0 Å². The maximum Gasteiger partial charge on any atom is 0.263 e. The number of benzene rings is 2. The third-order valence-electron chi connectivity index (χ3n) is 6.04. The molecule has 1 aliphatic heterocycles. The van der Waals surface area contributed by atoms with Crippen molar-refractivity contribution in [2.75, 3.05) is 6.79 Å². The van der Waals surface area contributed by atoms with Gasteiger partial charge in [-0.2, -0.15) is 4.98 Å². The Morgan fingerprint density at radius 3 is 2.82 bits per heavy atom. The van der Waals surface area contributed by atoms with Gasteiger partial charge in [0.25, 0.3) is 5.89 Å². The lowest BCUT2D eigenvalue weighted by molar-refractivity contribution is -0.121. The zero-order valence-electron chi connectivity index (χ0n) is 20.1. The standard InChI is InChI=1S/C27H20FN5O5/c1-15-5-7-19-24(35)20(27-31-25(32-38-27)17-3-2-4-18(28)10-17)12-33(26(19)30-15)13-23(34)29-11-16-6-8-21-22(9-16)37-14-36-21/h2-10,12H,11,13-14H2,1H3,(H,29,34). The number of aromatic nitrogens is 4. The van der Waals surface area contributed by atoms with Crippen molar-refractivity contribution in [1.29, 1.82) is 0 Å². The number of carbonyl (C=O) groups excluding carboxylic acids is 1. The Morgan fingerprint density at radius 1 is 1.08 bits per heavy atom. The van der Waals surface area contributed by atoms with Gasteiger partial charge in [-0.05, 0) is 48.9 Å². The Morgan fingerprint density at radius 2 is 1.95 bits per heavy atom. The molecule has 190 valence electrons. The molecule has 1 aliphatic rings. The predicted octanol–water partition coefficient (Wildman–Crippen LogP) is 3.61. The number of ether oxygens (including phenoxy) is 2. The van der Waals surface area contributed by atoms with Crippen LogP contribution in [0, 0.1) is 12.7 Å². The zero-order chi connectivity index (χ0) is 26.2. The zero-order valence-corrected chi connectivity index (χ0v) is 20.1. The van der Waals surface area contributed by atoms with E-state index in [1.807, 2.05) is 12.1 Å². The van der Waals surface area contributed by atoms with Crippen LogP contribution in [-0.2, 0) is 17.9 Å². The van der Waals surface area contributed by atoms with Gasteiger partial charge in [-0.1, -0.05) is 23.4 Å². The van der Waals surface area contributed by atoms with Gasteiger partial charge >= 0.3 is 0 Å². The number of pyridine rings is 2. The van der Waals surface area contributed by atoms with E-state index >= 15 is 0 Å². The highest BCUT2D eigenvalue weighted by Gasteiger charge is 2.20. The molecule has 1 N–H and O–H groups in total. The number of nitrogens with one attached hydrogen (secondary N) is 1. The summed E-state index contributed by atoms with van der Waals surface area (Å²) in [6.07, 6.45) is 1.47. The van der Waals surface area contributed by atoms with Crippen LogP contribution in [0.2, 0.25) is 0 Å². The molecule has 0 saturated heterocycles. The summed E-state index contributed by atoms with van der Waals surface area (Å²) in [6, 6.07) is 14.5. The SMILES string of the molecule is Cc1ccc2c(=O)c(-c3nc(-c4cccc(F)c4)no3)cn(CC(=O)NCc3ccc4c(c3)OCO4)c2n1.